The molecule has 5 atom stereocenters. The molecule has 0 aromatic heterocycles. The lowest BCUT2D eigenvalue weighted by molar-refractivity contribution is -0.247. The van der Waals surface area contributed by atoms with E-state index in [0.29, 0.717) is 13.0 Å². The Balaban J connectivity index is 1.37. The van der Waals surface area contributed by atoms with Gasteiger partial charge < -0.3 is 34.1 Å². The van der Waals surface area contributed by atoms with Gasteiger partial charge in [0.25, 0.3) is 5.91 Å². The van der Waals surface area contributed by atoms with Crippen LogP contribution in [0.3, 0.4) is 0 Å². The van der Waals surface area contributed by atoms with Gasteiger partial charge in [0.2, 0.25) is 0 Å². The van der Waals surface area contributed by atoms with Gasteiger partial charge in [0.15, 0.2) is 24.0 Å². The average Bonchev–Trinajstić information content (AvgIpc) is 3.26. The summed E-state index contributed by atoms with van der Waals surface area (Å²) in [4.78, 5) is 12.9. The molecule has 2 N–H and O–H groups in total. The van der Waals surface area contributed by atoms with Crippen LogP contribution in [0.4, 0.5) is 0 Å². The average molecular weight is 411 g/mol. The predicted molar refractivity (Wildman–Crippen MR) is 101 cm³/mol. The molecule has 0 aromatic carbocycles. The van der Waals surface area contributed by atoms with Crippen molar-refractivity contribution >= 4 is 5.91 Å². The Labute approximate surface area is 171 Å². The summed E-state index contributed by atoms with van der Waals surface area (Å²) in [5.74, 6) is -1.50. The summed E-state index contributed by atoms with van der Waals surface area (Å²) in [5, 5.41) is 11.9. The molecule has 2 saturated carbocycles. The molecule has 5 aliphatic rings. The number of hydrogen-bond donors (Lipinski definition) is 2. The summed E-state index contributed by atoms with van der Waals surface area (Å²) in [6.07, 6.45) is 7.82. The molecule has 1 amide bonds. The van der Waals surface area contributed by atoms with Crippen molar-refractivity contribution in [3.63, 3.8) is 0 Å². The second kappa shape index (κ2) is 8.05. The van der Waals surface area contributed by atoms with Crippen molar-refractivity contribution in [3.05, 3.63) is 0 Å². The van der Waals surface area contributed by atoms with Crippen molar-refractivity contribution in [1.29, 1.82) is 0 Å². The second-order valence-corrected chi connectivity index (χ2v) is 9.10. The van der Waals surface area contributed by atoms with Crippen molar-refractivity contribution in [2.75, 3.05) is 13.2 Å². The van der Waals surface area contributed by atoms with Crippen molar-refractivity contribution in [2.45, 2.75) is 113 Å². The van der Waals surface area contributed by atoms with E-state index < -0.39 is 30.1 Å². The Morgan fingerprint density at radius 2 is 1.41 bits per heavy atom. The molecule has 29 heavy (non-hydrogen) atoms. The number of fused-ring (bicyclic) bond motifs is 3. The molecule has 3 saturated heterocycles. The lowest BCUT2D eigenvalue weighted by Crippen LogP contribution is -2.59. The van der Waals surface area contributed by atoms with Gasteiger partial charge in [0.1, 0.15) is 18.3 Å². The number of rotatable bonds is 4. The highest BCUT2D eigenvalue weighted by Crippen LogP contribution is 2.50. The minimum absolute atomic E-state index is 0.0325. The SMILES string of the molecule is O=C(NCCCO)[C@@H]1O[C@H]2OC3(CCCCC3)O[C@@H]2[C@@H]2OC3(CCCCC3)O[C@H]21. The Bertz CT molecular complexity index is 602. The number of nitrogens with one attached hydrogen (secondary N) is 1. The molecule has 3 aliphatic heterocycles. The fraction of sp³-hybridized carbons (Fsp3) is 0.952. The highest BCUT2D eigenvalue weighted by molar-refractivity contribution is 5.81. The van der Waals surface area contributed by atoms with E-state index >= 15 is 0 Å². The van der Waals surface area contributed by atoms with Gasteiger partial charge in [-0.1, -0.05) is 12.8 Å². The molecule has 8 nitrogen and oxygen atoms in total. The Morgan fingerprint density at radius 1 is 0.828 bits per heavy atom. The molecule has 2 aliphatic carbocycles. The minimum atomic E-state index is -0.802. The number of aliphatic hydroxyl groups excluding tert-OH is 1. The van der Waals surface area contributed by atoms with Gasteiger partial charge in [-0.15, -0.1) is 0 Å². The molecular weight excluding hydrogens is 378 g/mol. The molecule has 8 heteroatoms. The molecule has 2 spiro atoms. The summed E-state index contributed by atoms with van der Waals surface area (Å²) >= 11 is 0. The summed E-state index contributed by atoms with van der Waals surface area (Å²) in [5.41, 5.74) is 0. The van der Waals surface area contributed by atoms with E-state index in [-0.39, 0.29) is 24.7 Å². The second-order valence-electron chi connectivity index (χ2n) is 9.10. The first kappa shape index (κ1) is 20.2. The summed E-state index contributed by atoms with van der Waals surface area (Å²) in [6.45, 7) is 0.429. The third-order valence-electron chi connectivity index (χ3n) is 7.00. The van der Waals surface area contributed by atoms with Crippen molar-refractivity contribution in [2.24, 2.45) is 0 Å². The topological polar surface area (TPSA) is 95.5 Å². The quantitative estimate of drug-likeness (QED) is 0.680. The first-order valence-electron chi connectivity index (χ1n) is 11.4. The largest absolute Gasteiger partial charge is 0.396 e. The lowest BCUT2D eigenvalue weighted by atomic mass is 9.94. The number of amides is 1. The van der Waals surface area contributed by atoms with Crippen LogP contribution < -0.4 is 5.32 Å². The molecule has 0 radical (unpaired) electrons. The normalized spacial score (nSPS) is 40.0. The maximum Gasteiger partial charge on any atom is 0.252 e. The smallest absolute Gasteiger partial charge is 0.252 e. The third kappa shape index (κ3) is 3.72. The zero-order valence-electron chi connectivity index (χ0n) is 17.0. The minimum Gasteiger partial charge on any atom is -0.396 e. The maximum absolute atomic E-state index is 12.9. The van der Waals surface area contributed by atoms with E-state index in [1.165, 1.54) is 12.8 Å². The summed E-state index contributed by atoms with van der Waals surface area (Å²) in [6, 6.07) is 0. The van der Waals surface area contributed by atoms with Crippen LogP contribution in [0.25, 0.3) is 0 Å². The Morgan fingerprint density at radius 3 is 2.07 bits per heavy atom. The van der Waals surface area contributed by atoms with Crippen molar-refractivity contribution in [3.8, 4) is 0 Å². The van der Waals surface area contributed by atoms with Gasteiger partial charge in [-0.25, -0.2) is 0 Å². The lowest BCUT2D eigenvalue weighted by Gasteiger charge is -2.36. The molecule has 5 fully saturated rings. The van der Waals surface area contributed by atoms with E-state index in [1.54, 1.807) is 0 Å². The van der Waals surface area contributed by atoms with E-state index in [0.717, 1.165) is 51.4 Å². The van der Waals surface area contributed by atoms with Crippen LogP contribution in [0.5, 0.6) is 0 Å². The highest BCUT2D eigenvalue weighted by atomic mass is 16.9. The van der Waals surface area contributed by atoms with Gasteiger partial charge in [-0.2, -0.15) is 0 Å². The summed E-state index contributed by atoms with van der Waals surface area (Å²) in [7, 11) is 0. The predicted octanol–water partition coefficient (Wildman–Crippen LogP) is 1.73. The monoisotopic (exact) mass is 411 g/mol. The molecule has 5 rings (SSSR count). The molecule has 0 unspecified atom stereocenters. The number of carbonyl (C=O) groups is 1. The zero-order chi connectivity index (χ0) is 19.9. The van der Waals surface area contributed by atoms with Gasteiger partial charge in [-0.05, 0) is 32.1 Å². The standard InChI is InChI=1S/C21H33NO7/c23-13-7-12-22-18(24)16-14-15(27-20(26-14)8-3-1-4-9-20)17-19(25-16)29-21(28-17)10-5-2-6-11-21/h14-17,19,23H,1-13H2,(H,22,24)/t14-,15-,16-,17-,19+/m1/s1. The van der Waals surface area contributed by atoms with Crippen LogP contribution in [0.15, 0.2) is 0 Å². The van der Waals surface area contributed by atoms with Crippen LogP contribution in [-0.4, -0.2) is 66.4 Å². The van der Waals surface area contributed by atoms with E-state index in [2.05, 4.69) is 5.32 Å². The van der Waals surface area contributed by atoms with Crippen LogP contribution in [0.2, 0.25) is 0 Å². The van der Waals surface area contributed by atoms with Crippen LogP contribution in [0, 0.1) is 0 Å². The van der Waals surface area contributed by atoms with Crippen LogP contribution >= 0.6 is 0 Å². The van der Waals surface area contributed by atoms with Gasteiger partial charge in [-0.3, -0.25) is 4.79 Å². The highest BCUT2D eigenvalue weighted by Gasteiger charge is 2.65. The fourth-order valence-corrected chi connectivity index (χ4v) is 5.56. The molecular formula is C21H33NO7. The number of hydrogen-bond acceptors (Lipinski definition) is 7. The fourth-order valence-electron chi connectivity index (χ4n) is 5.56. The maximum atomic E-state index is 12.9. The molecule has 3 heterocycles. The van der Waals surface area contributed by atoms with Crippen molar-refractivity contribution in [1.82, 2.24) is 5.32 Å². The van der Waals surface area contributed by atoms with Gasteiger partial charge in [0.05, 0.1) is 0 Å². The third-order valence-corrected chi connectivity index (χ3v) is 7.00. The Kier molecular flexibility index (Phi) is 5.60. The number of ether oxygens (including phenoxy) is 5. The molecule has 164 valence electrons. The van der Waals surface area contributed by atoms with Crippen LogP contribution in [0.1, 0.15) is 70.6 Å². The van der Waals surface area contributed by atoms with Gasteiger partial charge in [0, 0.05) is 38.8 Å². The number of aliphatic hydroxyl groups is 1. The first-order chi connectivity index (χ1) is 14.1. The molecule has 0 bridgehead atoms. The first-order valence-corrected chi connectivity index (χ1v) is 11.4. The van der Waals surface area contributed by atoms with Crippen molar-refractivity contribution < 1.29 is 33.6 Å². The summed E-state index contributed by atoms with van der Waals surface area (Å²) < 4.78 is 31.8. The zero-order valence-corrected chi connectivity index (χ0v) is 17.0. The van der Waals surface area contributed by atoms with Crippen LogP contribution in [-0.2, 0) is 28.5 Å². The van der Waals surface area contributed by atoms with E-state index in [4.69, 9.17) is 28.8 Å². The number of carbonyl (C=O) groups excluding carboxylic acids is 1. The van der Waals surface area contributed by atoms with E-state index in [9.17, 15) is 4.79 Å². The van der Waals surface area contributed by atoms with Gasteiger partial charge >= 0.3 is 0 Å². The Hall–Kier alpha value is -0.770. The molecule has 0 aromatic rings. The van der Waals surface area contributed by atoms with E-state index in [1.807, 2.05) is 0 Å².